The Morgan fingerprint density at radius 2 is 2.42 bits per heavy atom. The smallest absolute Gasteiger partial charge is 0.224 e. The molecule has 19 heavy (non-hydrogen) atoms. The third-order valence-corrected chi connectivity index (χ3v) is 4.76. The molecular weight excluding hydrogens is 260 g/mol. The Morgan fingerprint density at radius 3 is 3.05 bits per heavy atom. The van der Waals surface area contributed by atoms with Crippen LogP contribution in [0.5, 0.6) is 0 Å². The number of nitrogens with zero attached hydrogens (tertiary/aromatic N) is 1. The number of thioether (sulfide) groups is 1. The summed E-state index contributed by atoms with van der Waals surface area (Å²) in [6.45, 7) is 1.64. The van der Waals surface area contributed by atoms with Crippen LogP contribution in [0.4, 0.5) is 0 Å². The van der Waals surface area contributed by atoms with Crippen LogP contribution in [0.15, 0.2) is 22.8 Å². The maximum absolute atomic E-state index is 12.5. The summed E-state index contributed by atoms with van der Waals surface area (Å²) in [5, 5.41) is 3.43. The van der Waals surface area contributed by atoms with Gasteiger partial charge in [0.2, 0.25) is 5.91 Å². The highest BCUT2D eigenvalue weighted by Gasteiger charge is 2.34. The number of carbonyl (C=O) groups is 1. The molecule has 0 aromatic carbocycles. The monoisotopic (exact) mass is 280 g/mol. The Bertz CT molecular complexity index is 411. The topological polar surface area (TPSA) is 45.5 Å². The molecule has 3 rings (SSSR count). The molecule has 0 spiro atoms. The van der Waals surface area contributed by atoms with Crippen molar-refractivity contribution in [1.82, 2.24) is 10.2 Å². The number of hydrogen-bond acceptors (Lipinski definition) is 4. The Labute approximate surface area is 117 Å². The van der Waals surface area contributed by atoms with Gasteiger partial charge in [-0.1, -0.05) is 0 Å². The quantitative estimate of drug-likeness (QED) is 0.894. The van der Waals surface area contributed by atoms with Gasteiger partial charge < -0.3 is 14.6 Å². The van der Waals surface area contributed by atoms with Gasteiger partial charge in [-0.05, 0) is 25.0 Å². The van der Waals surface area contributed by atoms with Crippen molar-refractivity contribution in [2.24, 2.45) is 0 Å². The van der Waals surface area contributed by atoms with E-state index in [2.05, 4.69) is 5.32 Å². The highest BCUT2D eigenvalue weighted by molar-refractivity contribution is 7.99. The lowest BCUT2D eigenvalue weighted by Crippen LogP contribution is -2.43. The van der Waals surface area contributed by atoms with E-state index in [9.17, 15) is 4.79 Å². The van der Waals surface area contributed by atoms with E-state index in [4.69, 9.17) is 4.42 Å². The molecule has 1 unspecified atom stereocenters. The van der Waals surface area contributed by atoms with Gasteiger partial charge in [0.1, 0.15) is 5.76 Å². The zero-order valence-corrected chi connectivity index (χ0v) is 11.8. The summed E-state index contributed by atoms with van der Waals surface area (Å²) in [6, 6.07) is 4.60. The summed E-state index contributed by atoms with van der Waals surface area (Å²) in [7, 11) is 0. The van der Waals surface area contributed by atoms with E-state index in [-0.39, 0.29) is 5.91 Å². The van der Waals surface area contributed by atoms with Crippen molar-refractivity contribution in [2.75, 3.05) is 18.1 Å². The van der Waals surface area contributed by atoms with Gasteiger partial charge in [-0.2, -0.15) is 11.8 Å². The standard InChI is InChI=1S/C14H20N2O2S/c17-14(8-11-10-19-7-5-15-11)16(12-3-4-12)9-13-2-1-6-18-13/h1-2,6,11-12,15H,3-5,7-10H2. The van der Waals surface area contributed by atoms with E-state index in [0.717, 1.165) is 36.7 Å². The fraction of sp³-hybridized carbons (Fsp3) is 0.643. The van der Waals surface area contributed by atoms with Crippen molar-refractivity contribution < 1.29 is 9.21 Å². The minimum Gasteiger partial charge on any atom is -0.467 e. The first-order valence-corrected chi connectivity index (χ1v) is 8.11. The van der Waals surface area contributed by atoms with Crippen LogP contribution >= 0.6 is 11.8 Å². The normalized spacial score (nSPS) is 23.3. The second kappa shape index (κ2) is 6.01. The van der Waals surface area contributed by atoms with Crippen LogP contribution in [0, 0.1) is 0 Å². The summed E-state index contributed by atoms with van der Waals surface area (Å²) in [5.41, 5.74) is 0. The maximum Gasteiger partial charge on any atom is 0.224 e. The molecule has 2 fully saturated rings. The number of furan rings is 1. The third-order valence-electron chi connectivity index (χ3n) is 3.63. The highest BCUT2D eigenvalue weighted by Crippen LogP contribution is 2.29. The summed E-state index contributed by atoms with van der Waals surface area (Å²) in [5.74, 6) is 3.35. The van der Waals surface area contributed by atoms with Crippen LogP contribution in [0.3, 0.4) is 0 Å². The van der Waals surface area contributed by atoms with Crippen molar-refractivity contribution in [3.8, 4) is 0 Å². The summed E-state index contributed by atoms with van der Waals surface area (Å²) < 4.78 is 5.37. The van der Waals surface area contributed by atoms with Gasteiger partial charge in [-0.15, -0.1) is 0 Å². The van der Waals surface area contributed by atoms with Gasteiger partial charge in [-0.3, -0.25) is 4.79 Å². The third kappa shape index (κ3) is 3.54. The number of amides is 1. The first kappa shape index (κ1) is 13.1. The molecule has 1 saturated heterocycles. The Morgan fingerprint density at radius 1 is 1.53 bits per heavy atom. The first-order valence-electron chi connectivity index (χ1n) is 6.96. The van der Waals surface area contributed by atoms with Crippen LogP contribution < -0.4 is 5.32 Å². The predicted molar refractivity (Wildman–Crippen MR) is 76.0 cm³/mol. The van der Waals surface area contributed by atoms with Gasteiger partial charge in [0.15, 0.2) is 0 Å². The molecule has 1 aliphatic heterocycles. The average molecular weight is 280 g/mol. The van der Waals surface area contributed by atoms with E-state index >= 15 is 0 Å². The van der Waals surface area contributed by atoms with E-state index in [1.54, 1.807) is 6.26 Å². The average Bonchev–Trinajstić information content (AvgIpc) is 3.14. The van der Waals surface area contributed by atoms with Gasteiger partial charge in [0, 0.05) is 36.6 Å². The van der Waals surface area contributed by atoms with Gasteiger partial charge in [0.25, 0.3) is 0 Å². The van der Waals surface area contributed by atoms with Crippen molar-refractivity contribution >= 4 is 17.7 Å². The van der Waals surface area contributed by atoms with Crippen LogP contribution in [0.2, 0.25) is 0 Å². The maximum atomic E-state index is 12.5. The second-order valence-electron chi connectivity index (χ2n) is 5.26. The van der Waals surface area contributed by atoms with Crippen LogP contribution in [-0.2, 0) is 11.3 Å². The summed E-state index contributed by atoms with van der Waals surface area (Å²) in [4.78, 5) is 14.5. The Kier molecular flexibility index (Phi) is 4.13. The van der Waals surface area contributed by atoms with E-state index in [1.165, 1.54) is 0 Å². The molecule has 104 valence electrons. The molecule has 1 aromatic rings. The highest BCUT2D eigenvalue weighted by atomic mass is 32.2. The molecule has 1 saturated carbocycles. The molecule has 1 N–H and O–H groups in total. The van der Waals surface area contributed by atoms with Crippen molar-refractivity contribution in [2.45, 2.75) is 37.9 Å². The molecule has 1 aliphatic carbocycles. The van der Waals surface area contributed by atoms with E-state index < -0.39 is 0 Å². The molecular formula is C14H20N2O2S. The Balaban J connectivity index is 1.57. The van der Waals surface area contributed by atoms with Gasteiger partial charge in [-0.25, -0.2) is 0 Å². The van der Waals surface area contributed by atoms with E-state index in [0.29, 0.717) is 25.0 Å². The molecule has 1 amide bonds. The lowest BCUT2D eigenvalue weighted by atomic mass is 10.2. The van der Waals surface area contributed by atoms with Crippen molar-refractivity contribution in [3.05, 3.63) is 24.2 Å². The number of rotatable bonds is 5. The summed E-state index contributed by atoms with van der Waals surface area (Å²) in [6.07, 6.45) is 4.56. The molecule has 4 nitrogen and oxygen atoms in total. The fourth-order valence-corrected chi connectivity index (χ4v) is 3.41. The number of carbonyl (C=O) groups excluding carboxylic acids is 1. The van der Waals surface area contributed by atoms with Crippen LogP contribution in [0.25, 0.3) is 0 Å². The van der Waals surface area contributed by atoms with Crippen molar-refractivity contribution in [3.63, 3.8) is 0 Å². The van der Waals surface area contributed by atoms with Gasteiger partial charge in [0.05, 0.1) is 12.8 Å². The van der Waals surface area contributed by atoms with E-state index in [1.807, 2.05) is 28.8 Å². The number of hydrogen-bond donors (Lipinski definition) is 1. The molecule has 0 radical (unpaired) electrons. The zero-order chi connectivity index (χ0) is 13.1. The van der Waals surface area contributed by atoms with Crippen molar-refractivity contribution in [1.29, 1.82) is 0 Å². The van der Waals surface area contributed by atoms with Gasteiger partial charge >= 0.3 is 0 Å². The Hall–Kier alpha value is -0.940. The molecule has 1 aromatic heterocycles. The second-order valence-corrected chi connectivity index (χ2v) is 6.41. The largest absolute Gasteiger partial charge is 0.467 e. The molecule has 2 aliphatic rings. The predicted octanol–water partition coefficient (Wildman–Crippen LogP) is 1.87. The fourth-order valence-electron chi connectivity index (χ4n) is 2.46. The summed E-state index contributed by atoms with van der Waals surface area (Å²) >= 11 is 1.93. The number of nitrogens with one attached hydrogen (secondary N) is 1. The molecule has 5 heteroatoms. The lowest BCUT2D eigenvalue weighted by Gasteiger charge is -2.27. The minimum atomic E-state index is 0.263. The molecule has 1 atom stereocenters. The lowest BCUT2D eigenvalue weighted by molar-refractivity contribution is -0.133. The zero-order valence-electron chi connectivity index (χ0n) is 11.0. The SMILES string of the molecule is O=C(CC1CSCCN1)N(Cc1ccco1)C1CC1. The first-order chi connectivity index (χ1) is 9.33. The van der Waals surface area contributed by atoms with Crippen LogP contribution in [-0.4, -0.2) is 40.9 Å². The minimum absolute atomic E-state index is 0.263. The van der Waals surface area contributed by atoms with Crippen LogP contribution in [0.1, 0.15) is 25.0 Å². The molecule has 2 heterocycles. The molecule has 0 bridgehead atoms.